The Morgan fingerprint density at radius 1 is 1.41 bits per heavy atom. The summed E-state index contributed by atoms with van der Waals surface area (Å²) in [5.41, 5.74) is 3.47. The lowest BCUT2D eigenvalue weighted by atomic mass is 10.1. The zero-order valence-electron chi connectivity index (χ0n) is 9.79. The van der Waals surface area contributed by atoms with E-state index in [1.165, 1.54) is 10.9 Å². The first kappa shape index (κ1) is 11.7. The monoisotopic (exact) mass is 232 g/mol. The van der Waals surface area contributed by atoms with Crippen molar-refractivity contribution < 1.29 is 9.90 Å². The standard InChI is InChI=1S/C13H16N2O2/c1-9-10(6-7-14-13(17)8-16)11-4-2-3-5-12(11)15-9/h2-5,15-16H,6-8H2,1H3,(H,14,17). The van der Waals surface area contributed by atoms with E-state index in [9.17, 15) is 4.79 Å². The highest BCUT2D eigenvalue weighted by Gasteiger charge is 2.07. The molecule has 0 saturated heterocycles. The van der Waals surface area contributed by atoms with Crippen molar-refractivity contribution in [2.75, 3.05) is 13.2 Å². The van der Waals surface area contributed by atoms with Gasteiger partial charge in [0.1, 0.15) is 6.61 Å². The Bertz CT molecular complexity index is 531. The first-order valence-electron chi connectivity index (χ1n) is 5.66. The predicted octanol–water partition coefficient (Wildman–Crippen LogP) is 1.13. The smallest absolute Gasteiger partial charge is 0.245 e. The van der Waals surface area contributed by atoms with Crippen LogP contribution in [-0.4, -0.2) is 29.1 Å². The number of rotatable bonds is 4. The number of aromatic amines is 1. The zero-order valence-corrected chi connectivity index (χ0v) is 9.79. The third kappa shape index (κ3) is 2.47. The molecule has 0 fully saturated rings. The molecule has 4 heteroatoms. The Labute approximate surface area is 99.7 Å². The molecule has 1 aromatic heterocycles. The van der Waals surface area contributed by atoms with Crippen LogP contribution in [0.15, 0.2) is 24.3 Å². The number of amides is 1. The fourth-order valence-corrected chi connectivity index (χ4v) is 2.04. The molecule has 2 rings (SSSR count). The normalized spacial score (nSPS) is 10.7. The summed E-state index contributed by atoms with van der Waals surface area (Å²) in [6.45, 7) is 2.12. The van der Waals surface area contributed by atoms with Crippen LogP contribution < -0.4 is 5.32 Å². The molecule has 0 bridgehead atoms. The summed E-state index contributed by atoms with van der Waals surface area (Å²) >= 11 is 0. The molecule has 17 heavy (non-hydrogen) atoms. The maximum Gasteiger partial charge on any atom is 0.245 e. The van der Waals surface area contributed by atoms with Gasteiger partial charge in [-0.05, 0) is 25.0 Å². The van der Waals surface area contributed by atoms with E-state index in [1.807, 2.05) is 25.1 Å². The third-order valence-electron chi connectivity index (χ3n) is 2.87. The summed E-state index contributed by atoms with van der Waals surface area (Å²) < 4.78 is 0. The predicted molar refractivity (Wildman–Crippen MR) is 66.8 cm³/mol. The number of hydrogen-bond donors (Lipinski definition) is 3. The van der Waals surface area contributed by atoms with Crippen molar-refractivity contribution in [3.05, 3.63) is 35.5 Å². The summed E-state index contributed by atoms with van der Waals surface area (Å²) in [7, 11) is 0. The lowest BCUT2D eigenvalue weighted by Crippen LogP contribution is -2.28. The molecule has 0 aliphatic heterocycles. The van der Waals surface area contributed by atoms with Gasteiger partial charge in [-0.2, -0.15) is 0 Å². The average Bonchev–Trinajstić information content (AvgIpc) is 2.66. The Hall–Kier alpha value is -1.81. The highest BCUT2D eigenvalue weighted by molar-refractivity contribution is 5.84. The van der Waals surface area contributed by atoms with Crippen molar-refractivity contribution >= 4 is 16.8 Å². The number of aryl methyl sites for hydroxylation is 1. The molecule has 1 amide bonds. The molecular formula is C13H16N2O2. The fourth-order valence-electron chi connectivity index (χ4n) is 2.04. The topological polar surface area (TPSA) is 65.1 Å². The molecular weight excluding hydrogens is 216 g/mol. The molecule has 0 atom stereocenters. The van der Waals surface area contributed by atoms with Gasteiger partial charge >= 0.3 is 0 Å². The van der Waals surface area contributed by atoms with Crippen molar-refractivity contribution in [2.45, 2.75) is 13.3 Å². The molecule has 0 saturated carbocycles. The van der Waals surface area contributed by atoms with Gasteiger partial charge in [0.05, 0.1) is 0 Å². The van der Waals surface area contributed by atoms with E-state index in [4.69, 9.17) is 5.11 Å². The van der Waals surface area contributed by atoms with Crippen LogP contribution >= 0.6 is 0 Å². The van der Waals surface area contributed by atoms with E-state index in [1.54, 1.807) is 0 Å². The van der Waals surface area contributed by atoms with Gasteiger partial charge in [-0.3, -0.25) is 4.79 Å². The third-order valence-corrected chi connectivity index (χ3v) is 2.87. The van der Waals surface area contributed by atoms with E-state index < -0.39 is 6.61 Å². The first-order valence-corrected chi connectivity index (χ1v) is 5.66. The number of fused-ring (bicyclic) bond motifs is 1. The molecule has 0 aliphatic carbocycles. The second-order valence-corrected chi connectivity index (χ2v) is 4.03. The lowest BCUT2D eigenvalue weighted by molar-refractivity contribution is -0.123. The molecule has 1 heterocycles. The number of aliphatic hydroxyl groups excluding tert-OH is 1. The first-order chi connectivity index (χ1) is 8.22. The lowest BCUT2D eigenvalue weighted by Gasteiger charge is -2.03. The molecule has 1 aromatic carbocycles. The molecule has 4 nitrogen and oxygen atoms in total. The van der Waals surface area contributed by atoms with E-state index in [-0.39, 0.29) is 5.91 Å². The van der Waals surface area contributed by atoms with Gasteiger partial charge < -0.3 is 15.4 Å². The van der Waals surface area contributed by atoms with Gasteiger partial charge in [0.15, 0.2) is 0 Å². The van der Waals surface area contributed by atoms with Crippen molar-refractivity contribution in [3.63, 3.8) is 0 Å². The SMILES string of the molecule is Cc1[nH]c2ccccc2c1CCNC(=O)CO. The Kier molecular flexibility index (Phi) is 3.44. The maximum atomic E-state index is 10.9. The summed E-state index contributed by atoms with van der Waals surface area (Å²) in [6, 6.07) is 8.11. The van der Waals surface area contributed by atoms with E-state index in [0.29, 0.717) is 6.54 Å². The van der Waals surface area contributed by atoms with Gasteiger partial charge in [0.2, 0.25) is 5.91 Å². The van der Waals surface area contributed by atoms with Crippen molar-refractivity contribution in [1.82, 2.24) is 10.3 Å². The Balaban J connectivity index is 2.12. The minimum absolute atomic E-state index is 0.331. The summed E-state index contributed by atoms with van der Waals surface area (Å²) in [6.07, 6.45) is 0.765. The molecule has 90 valence electrons. The molecule has 0 radical (unpaired) electrons. The van der Waals surface area contributed by atoms with Crippen LogP contribution in [-0.2, 0) is 11.2 Å². The fraction of sp³-hybridized carbons (Fsp3) is 0.308. The van der Waals surface area contributed by atoms with Crippen LogP contribution in [0.3, 0.4) is 0 Å². The Morgan fingerprint density at radius 2 is 2.18 bits per heavy atom. The van der Waals surface area contributed by atoms with Crippen LogP contribution in [0.1, 0.15) is 11.3 Å². The van der Waals surface area contributed by atoms with Gasteiger partial charge in [-0.1, -0.05) is 18.2 Å². The van der Waals surface area contributed by atoms with Crippen LogP contribution in [0.2, 0.25) is 0 Å². The minimum Gasteiger partial charge on any atom is -0.387 e. The van der Waals surface area contributed by atoms with Crippen LogP contribution in [0.25, 0.3) is 10.9 Å². The number of H-pyrrole nitrogens is 1. The highest BCUT2D eigenvalue weighted by atomic mass is 16.3. The van der Waals surface area contributed by atoms with Gasteiger partial charge in [-0.15, -0.1) is 0 Å². The number of para-hydroxylation sites is 1. The van der Waals surface area contributed by atoms with Crippen LogP contribution in [0, 0.1) is 6.92 Å². The number of aromatic nitrogens is 1. The summed E-state index contributed by atoms with van der Waals surface area (Å²) in [5.74, 6) is -0.331. The number of benzene rings is 1. The van der Waals surface area contributed by atoms with E-state index in [0.717, 1.165) is 17.6 Å². The maximum absolute atomic E-state index is 10.9. The van der Waals surface area contributed by atoms with E-state index in [2.05, 4.69) is 16.4 Å². The summed E-state index contributed by atoms with van der Waals surface area (Å²) in [4.78, 5) is 14.2. The number of carbonyl (C=O) groups excluding carboxylic acids is 1. The minimum atomic E-state index is -0.452. The van der Waals surface area contributed by atoms with Crippen LogP contribution in [0.4, 0.5) is 0 Å². The molecule has 0 aliphatic rings. The van der Waals surface area contributed by atoms with E-state index >= 15 is 0 Å². The average molecular weight is 232 g/mol. The second kappa shape index (κ2) is 5.01. The second-order valence-electron chi connectivity index (χ2n) is 4.03. The van der Waals surface area contributed by atoms with Gasteiger partial charge in [0, 0.05) is 23.1 Å². The molecule has 0 unspecified atom stereocenters. The molecule has 3 N–H and O–H groups in total. The van der Waals surface area contributed by atoms with Crippen molar-refractivity contribution in [3.8, 4) is 0 Å². The largest absolute Gasteiger partial charge is 0.387 e. The van der Waals surface area contributed by atoms with Crippen molar-refractivity contribution in [1.29, 1.82) is 0 Å². The quantitative estimate of drug-likeness (QED) is 0.739. The molecule has 0 spiro atoms. The van der Waals surface area contributed by atoms with Gasteiger partial charge in [0.25, 0.3) is 0 Å². The summed E-state index contributed by atoms with van der Waals surface area (Å²) in [5, 5.41) is 12.5. The number of aliphatic hydroxyl groups is 1. The van der Waals surface area contributed by atoms with Crippen molar-refractivity contribution in [2.24, 2.45) is 0 Å². The van der Waals surface area contributed by atoms with Gasteiger partial charge in [-0.25, -0.2) is 0 Å². The van der Waals surface area contributed by atoms with Crippen LogP contribution in [0.5, 0.6) is 0 Å². The number of hydrogen-bond acceptors (Lipinski definition) is 2. The zero-order chi connectivity index (χ0) is 12.3. The molecule has 2 aromatic rings. The number of nitrogens with one attached hydrogen (secondary N) is 2. The number of carbonyl (C=O) groups is 1. The highest BCUT2D eigenvalue weighted by Crippen LogP contribution is 2.21. The Morgan fingerprint density at radius 3 is 2.94 bits per heavy atom.